The highest BCUT2D eigenvalue weighted by molar-refractivity contribution is 5.14. The van der Waals surface area contributed by atoms with E-state index in [4.69, 9.17) is 0 Å². The van der Waals surface area contributed by atoms with Gasteiger partial charge in [-0.2, -0.15) is 0 Å². The van der Waals surface area contributed by atoms with Crippen LogP contribution in [0, 0.1) is 17.3 Å². The van der Waals surface area contributed by atoms with E-state index in [1.54, 1.807) is 0 Å². The molecule has 0 aliphatic heterocycles. The molecule has 0 amide bonds. The largest absolute Gasteiger partial charge is 0.393 e. The molecule has 2 aliphatic rings. The number of aliphatic hydroxyl groups is 1. The number of nitrogens with one attached hydrogen (secondary N) is 1. The third kappa shape index (κ3) is 1.49. The predicted molar refractivity (Wildman–Crippen MR) is 58.1 cm³/mol. The van der Waals surface area contributed by atoms with Crippen LogP contribution in [-0.2, 0) is 0 Å². The van der Waals surface area contributed by atoms with Crippen molar-refractivity contribution in [2.75, 3.05) is 7.05 Å². The third-order valence-electron chi connectivity index (χ3n) is 4.47. The quantitative estimate of drug-likeness (QED) is 0.704. The Morgan fingerprint density at radius 3 is 2.36 bits per heavy atom. The van der Waals surface area contributed by atoms with Gasteiger partial charge in [-0.25, -0.2) is 0 Å². The Balaban J connectivity index is 2.04. The minimum atomic E-state index is 0.0115. The van der Waals surface area contributed by atoms with Gasteiger partial charge in [0, 0.05) is 6.04 Å². The first kappa shape index (κ1) is 10.4. The monoisotopic (exact) mass is 197 g/mol. The van der Waals surface area contributed by atoms with Crippen LogP contribution in [-0.4, -0.2) is 24.3 Å². The summed E-state index contributed by atoms with van der Waals surface area (Å²) in [6.07, 6.45) is 4.94. The van der Waals surface area contributed by atoms with Gasteiger partial charge in [-0.15, -0.1) is 0 Å². The third-order valence-corrected chi connectivity index (χ3v) is 4.47. The van der Waals surface area contributed by atoms with Gasteiger partial charge in [-0.05, 0) is 43.6 Å². The fourth-order valence-corrected chi connectivity index (χ4v) is 3.23. The van der Waals surface area contributed by atoms with E-state index in [9.17, 15) is 5.11 Å². The van der Waals surface area contributed by atoms with E-state index in [0.29, 0.717) is 17.4 Å². The van der Waals surface area contributed by atoms with Gasteiger partial charge in [0.15, 0.2) is 0 Å². The zero-order valence-corrected chi connectivity index (χ0v) is 9.59. The normalized spacial score (nSPS) is 37.7. The van der Waals surface area contributed by atoms with Crippen molar-refractivity contribution in [3.63, 3.8) is 0 Å². The summed E-state index contributed by atoms with van der Waals surface area (Å²) in [4.78, 5) is 0. The second-order valence-corrected chi connectivity index (χ2v) is 5.29. The highest BCUT2D eigenvalue weighted by atomic mass is 16.3. The van der Waals surface area contributed by atoms with E-state index >= 15 is 0 Å². The molecule has 0 spiro atoms. The van der Waals surface area contributed by atoms with E-state index in [1.165, 1.54) is 19.3 Å². The first-order chi connectivity index (χ1) is 6.65. The summed E-state index contributed by atoms with van der Waals surface area (Å²) < 4.78 is 0. The van der Waals surface area contributed by atoms with Gasteiger partial charge in [0.25, 0.3) is 0 Å². The second kappa shape index (κ2) is 3.49. The summed E-state index contributed by atoms with van der Waals surface area (Å²) >= 11 is 0. The van der Waals surface area contributed by atoms with Crippen LogP contribution >= 0.6 is 0 Å². The Morgan fingerprint density at radius 2 is 2.07 bits per heavy atom. The summed E-state index contributed by atoms with van der Waals surface area (Å²) in [5, 5.41) is 13.1. The predicted octanol–water partition coefficient (Wildman–Crippen LogP) is 1.78. The summed E-state index contributed by atoms with van der Waals surface area (Å²) in [5.74, 6) is 1.34. The molecule has 2 nitrogen and oxygen atoms in total. The van der Waals surface area contributed by atoms with Gasteiger partial charge in [0.2, 0.25) is 0 Å². The van der Waals surface area contributed by atoms with Crippen LogP contribution in [0.5, 0.6) is 0 Å². The van der Waals surface area contributed by atoms with Crippen LogP contribution in [0.2, 0.25) is 0 Å². The lowest BCUT2D eigenvalue weighted by Gasteiger charge is -2.31. The lowest BCUT2D eigenvalue weighted by Crippen LogP contribution is -2.42. The summed E-state index contributed by atoms with van der Waals surface area (Å²) in [5.41, 5.74) is 0.462. The maximum atomic E-state index is 9.57. The van der Waals surface area contributed by atoms with Crippen molar-refractivity contribution in [3.05, 3.63) is 0 Å². The lowest BCUT2D eigenvalue weighted by molar-refractivity contribution is 0.179. The molecule has 2 saturated carbocycles. The van der Waals surface area contributed by atoms with Crippen molar-refractivity contribution in [3.8, 4) is 0 Å². The van der Waals surface area contributed by atoms with E-state index in [0.717, 1.165) is 12.3 Å². The Labute approximate surface area is 87.1 Å². The fraction of sp³-hybridized carbons (Fsp3) is 1.00. The molecular weight excluding hydrogens is 174 g/mol. The van der Waals surface area contributed by atoms with Crippen molar-refractivity contribution >= 4 is 0 Å². The van der Waals surface area contributed by atoms with E-state index in [1.807, 2.05) is 0 Å². The fourth-order valence-electron chi connectivity index (χ4n) is 3.23. The zero-order valence-electron chi connectivity index (χ0n) is 9.59. The summed E-state index contributed by atoms with van der Waals surface area (Å²) in [6, 6.07) is 0.620. The number of hydrogen-bond donors (Lipinski definition) is 2. The molecule has 4 atom stereocenters. The molecule has 0 radical (unpaired) electrons. The highest BCUT2D eigenvalue weighted by Gasteiger charge is 2.62. The van der Waals surface area contributed by atoms with Crippen LogP contribution < -0.4 is 5.32 Å². The van der Waals surface area contributed by atoms with Crippen molar-refractivity contribution in [1.29, 1.82) is 0 Å². The Hall–Kier alpha value is -0.0800. The molecule has 2 heteroatoms. The molecule has 2 unspecified atom stereocenters. The molecule has 2 rings (SSSR count). The topological polar surface area (TPSA) is 32.3 Å². The molecule has 0 aromatic carbocycles. The molecule has 0 aromatic heterocycles. The van der Waals surface area contributed by atoms with Gasteiger partial charge < -0.3 is 10.4 Å². The molecule has 0 bridgehead atoms. The Bertz CT molecular complexity index is 212. The summed E-state index contributed by atoms with van der Waals surface area (Å²) in [6.45, 7) is 4.59. The van der Waals surface area contributed by atoms with Crippen molar-refractivity contribution in [2.45, 2.75) is 51.7 Å². The van der Waals surface area contributed by atoms with Crippen molar-refractivity contribution < 1.29 is 5.11 Å². The average Bonchev–Trinajstić information content (AvgIpc) is 3.03. The number of rotatable bonds is 5. The first-order valence-electron chi connectivity index (χ1n) is 6.01. The molecule has 2 fully saturated rings. The van der Waals surface area contributed by atoms with Crippen LogP contribution in [0.15, 0.2) is 0 Å². The van der Waals surface area contributed by atoms with E-state index in [2.05, 4.69) is 26.2 Å². The SMILES string of the molecule is CC[C@H](C)[C@H](NC)C1(C2CC2O)CC1. The van der Waals surface area contributed by atoms with Crippen molar-refractivity contribution in [1.82, 2.24) is 5.32 Å². The molecule has 0 aromatic rings. The van der Waals surface area contributed by atoms with Gasteiger partial charge in [-0.3, -0.25) is 0 Å². The van der Waals surface area contributed by atoms with Crippen molar-refractivity contribution in [2.24, 2.45) is 17.3 Å². The van der Waals surface area contributed by atoms with Crippen LogP contribution in [0.3, 0.4) is 0 Å². The molecule has 2 N–H and O–H groups in total. The summed E-state index contributed by atoms with van der Waals surface area (Å²) in [7, 11) is 2.08. The van der Waals surface area contributed by atoms with Crippen LogP contribution in [0.4, 0.5) is 0 Å². The molecule has 2 aliphatic carbocycles. The van der Waals surface area contributed by atoms with Gasteiger partial charge in [0.05, 0.1) is 6.10 Å². The standard InChI is InChI=1S/C12H23NO/c1-4-8(2)11(13-3)12(5-6-12)9-7-10(9)14/h8-11,13-14H,4-7H2,1-3H3/t8-,9?,10?,11-/m0/s1. The number of aliphatic hydroxyl groups excluding tert-OH is 1. The smallest absolute Gasteiger partial charge is 0.0579 e. The molecule has 14 heavy (non-hydrogen) atoms. The van der Waals surface area contributed by atoms with Gasteiger partial charge in [0.1, 0.15) is 0 Å². The zero-order chi connectivity index (χ0) is 10.3. The lowest BCUT2D eigenvalue weighted by atomic mass is 9.81. The van der Waals surface area contributed by atoms with E-state index in [-0.39, 0.29) is 6.10 Å². The van der Waals surface area contributed by atoms with Gasteiger partial charge in [-0.1, -0.05) is 20.3 Å². The Morgan fingerprint density at radius 1 is 1.50 bits per heavy atom. The van der Waals surface area contributed by atoms with Gasteiger partial charge >= 0.3 is 0 Å². The molecule has 82 valence electrons. The highest BCUT2D eigenvalue weighted by Crippen LogP contribution is 2.64. The average molecular weight is 197 g/mol. The first-order valence-corrected chi connectivity index (χ1v) is 6.01. The van der Waals surface area contributed by atoms with Crippen LogP contribution in [0.1, 0.15) is 39.5 Å². The second-order valence-electron chi connectivity index (χ2n) is 5.29. The minimum Gasteiger partial charge on any atom is -0.393 e. The number of hydrogen-bond acceptors (Lipinski definition) is 2. The Kier molecular flexibility index (Phi) is 2.61. The molecule has 0 saturated heterocycles. The minimum absolute atomic E-state index is 0.0115. The van der Waals surface area contributed by atoms with E-state index < -0.39 is 0 Å². The van der Waals surface area contributed by atoms with Crippen LogP contribution in [0.25, 0.3) is 0 Å². The molecule has 0 heterocycles. The molecular formula is C12H23NO. The maximum absolute atomic E-state index is 9.57. The maximum Gasteiger partial charge on any atom is 0.0579 e.